The molecule has 6 heteroatoms. The van der Waals surface area contributed by atoms with E-state index in [0.29, 0.717) is 6.04 Å². The van der Waals surface area contributed by atoms with Gasteiger partial charge in [-0.2, -0.15) is 0 Å². The molecule has 3 rings (SSSR count). The van der Waals surface area contributed by atoms with E-state index in [-0.39, 0.29) is 0 Å². The number of hydrogen-bond acceptors (Lipinski definition) is 4. The predicted molar refractivity (Wildman–Crippen MR) is 83.4 cm³/mol. The van der Waals surface area contributed by atoms with Crippen molar-refractivity contribution in [3.05, 3.63) is 35.5 Å². The Labute approximate surface area is 127 Å². The fourth-order valence-electron chi connectivity index (χ4n) is 2.54. The minimum absolute atomic E-state index is 0.638. The van der Waals surface area contributed by atoms with Crippen molar-refractivity contribution < 1.29 is 0 Å². The van der Waals surface area contributed by atoms with Gasteiger partial charge in [0.2, 0.25) is 0 Å². The Balaban J connectivity index is 1.74. The first-order chi connectivity index (χ1) is 9.63. The van der Waals surface area contributed by atoms with Gasteiger partial charge in [-0.25, -0.2) is 9.97 Å². The normalized spacial score (nSPS) is 19.0. The standard InChI is InChI=1S/C14H18BrN5/c1-18(2)12-5-6-19(8-12)11-3-4-14(16-7-11)20-9-13(15)17-10-20/h3-4,7,9-10,12H,5-6,8H2,1-2H3/t12-/m1/s1. The van der Waals surface area contributed by atoms with Gasteiger partial charge in [-0.3, -0.25) is 4.57 Å². The summed E-state index contributed by atoms with van der Waals surface area (Å²) >= 11 is 3.35. The van der Waals surface area contributed by atoms with E-state index in [1.165, 1.54) is 12.1 Å². The lowest BCUT2D eigenvalue weighted by Gasteiger charge is -2.21. The summed E-state index contributed by atoms with van der Waals surface area (Å²) in [6.07, 6.45) is 6.81. The monoisotopic (exact) mass is 335 g/mol. The van der Waals surface area contributed by atoms with Crippen molar-refractivity contribution in [1.82, 2.24) is 19.4 Å². The van der Waals surface area contributed by atoms with Crippen molar-refractivity contribution >= 4 is 21.6 Å². The number of aromatic nitrogens is 3. The molecule has 0 aliphatic carbocycles. The zero-order valence-corrected chi connectivity index (χ0v) is 13.3. The minimum atomic E-state index is 0.638. The Hall–Kier alpha value is -1.40. The van der Waals surface area contributed by atoms with Crippen molar-refractivity contribution in [2.75, 3.05) is 32.1 Å². The van der Waals surface area contributed by atoms with Crippen LogP contribution >= 0.6 is 15.9 Å². The highest BCUT2D eigenvalue weighted by Crippen LogP contribution is 2.22. The quantitative estimate of drug-likeness (QED) is 0.861. The molecule has 0 bridgehead atoms. The molecule has 0 saturated carbocycles. The zero-order chi connectivity index (χ0) is 14.1. The van der Waals surface area contributed by atoms with Crippen LogP contribution in [-0.4, -0.2) is 52.7 Å². The second-order valence-corrected chi connectivity index (χ2v) is 6.14. The van der Waals surface area contributed by atoms with Gasteiger partial charge in [0, 0.05) is 25.3 Å². The van der Waals surface area contributed by atoms with Gasteiger partial charge in [0.1, 0.15) is 16.7 Å². The van der Waals surface area contributed by atoms with E-state index in [4.69, 9.17) is 0 Å². The molecule has 20 heavy (non-hydrogen) atoms. The first-order valence-corrected chi connectivity index (χ1v) is 7.50. The molecular weight excluding hydrogens is 318 g/mol. The van der Waals surface area contributed by atoms with Crippen LogP contribution in [0.3, 0.4) is 0 Å². The predicted octanol–water partition coefficient (Wildman–Crippen LogP) is 2.17. The molecule has 0 N–H and O–H groups in total. The highest BCUT2D eigenvalue weighted by atomic mass is 79.9. The molecule has 2 aromatic heterocycles. The molecule has 1 saturated heterocycles. The molecule has 1 aliphatic rings. The second-order valence-electron chi connectivity index (χ2n) is 5.33. The molecule has 106 valence electrons. The molecule has 0 aromatic carbocycles. The van der Waals surface area contributed by atoms with Gasteiger partial charge < -0.3 is 9.80 Å². The number of halogens is 1. The maximum atomic E-state index is 4.52. The van der Waals surface area contributed by atoms with Crippen LogP contribution in [0.25, 0.3) is 5.82 Å². The summed E-state index contributed by atoms with van der Waals surface area (Å²) in [6.45, 7) is 2.17. The van der Waals surface area contributed by atoms with E-state index >= 15 is 0 Å². The molecule has 0 unspecified atom stereocenters. The van der Waals surface area contributed by atoms with Crippen LogP contribution in [0.2, 0.25) is 0 Å². The molecular formula is C14H18BrN5. The summed E-state index contributed by atoms with van der Waals surface area (Å²) in [5, 5.41) is 0. The highest BCUT2D eigenvalue weighted by Gasteiger charge is 2.24. The molecule has 1 atom stereocenters. The molecule has 2 aromatic rings. The van der Waals surface area contributed by atoms with Crippen molar-refractivity contribution in [2.24, 2.45) is 0 Å². The lowest BCUT2D eigenvalue weighted by atomic mass is 10.2. The van der Waals surface area contributed by atoms with Gasteiger partial charge in [-0.05, 0) is 48.6 Å². The summed E-state index contributed by atoms with van der Waals surface area (Å²) in [5.41, 5.74) is 1.19. The third kappa shape index (κ3) is 2.71. The number of nitrogens with zero attached hydrogens (tertiary/aromatic N) is 5. The largest absolute Gasteiger partial charge is 0.369 e. The fourth-order valence-corrected chi connectivity index (χ4v) is 2.85. The Bertz CT molecular complexity index is 578. The Morgan fingerprint density at radius 3 is 2.70 bits per heavy atom. The highest BCUT2D eigenvalue weighted by molar-refractivity contribution is 9.10. The number of pyridine rings is 1. The summed E-state index contributed by atoms with van der Waals surface area (Å²) in [5.74, 6) is 0.885. The van der Waals surface area contributed by atoms with E-state index < -0.39 is 0 Å². The second kappa shape index (κ2) is 5.54. The van der Waals surface area contributed by atoms with Crippen LogP contribution < -0.4 is 4.90 Å². The van der Waals surface area contributed by atoms with E-state index in [1.807, 2.05) is 23.0 Å². The maximum absolute atomic E-state index is 4.52. The average molecular weight is 336 g/mol. The minimum Gasteiger partial charge on any atom is -0.369 e. The number of imidazole rings is 1. The van der Waals surface area contributed by atoms with Crippen LogP contribution in [0.1, 0.15) is 6.42 Å². The van der Waals surface area contributed by atoms with E-state index in [0.717, 1.165) is 23.5 Å². The topological polar surface area (TPSA) is 37.2 Å². The Morgan fingerprint density at radius 1 is 1.30 bits per heavy atom. The number of hydrogen-bond donors (Lipinski definition) is 0. The van der Waals surface area contributed by atoms with Gasteiger partial charge in [0.25, 0.3) is 0 Å². The van der Waals surface area contributed by atoms with Gasteiger partial charge in [0.15, 0.2) is 0 Å². The first-order valence-electron chi connectivity index (χ1n) is 6.71. The van der Waals surface area contributed by atoms with Gasteiger partial charge in [0.05, 0.1) is 11.9 Å². The summed E-state index contributed by atoms with van der Waals surface area (Å²) in [7, 11) is 4.29. The van der Waals surface area contributed by atoms with Crippen LogP contribution in [0.4, 0.5) is 5.69 Å². The lowest BCUT2D eigenvalue weighted by Crippen LogP contribution is -2.31. The average Bonchev–Trinajstić information content (AvgIpc) is 3.08. The van der Waals surface area contributed by atoms with Crippen molar-refractivity contribution in [1.29, 1.82) is 0 Å². The molecule has 1 aliphatic heterocycles. The van der Waals surface area contributed by atoms with Gasteiger partial charge in [-0.1, -0.05) is 0 Å². The van der Waals surface area contributed by atoms with Crippen LogP contribution in [-0.2, 0) is 0 Å². The summed E-state index contributed by atoms with van der Waals surface area (Å²) in [4.78, 5) is 13.4. The molecule has 5 nitrogen and oxygen atoms in total. The number of rotatable bonds is 3. The first kappa shape index (κ1) is 13.6. The molecule has 1 fully saturated rings. The summed E-state index contributed by atoms with van der Waals surface area (Å²) in [6, 6.07) is 4.81. The van der Waals surface area contributed by atoms with E-state index in [2.05, 4.69) is 55.9 Å². The van der Waals surface area contributed by atoms with Crippen molar-refractivity contribution in [2.45, 2.75) is 12.5 Å². The van der Waals surface area contributed by atoms with Gasteiger partial charge >= 0.3 is 0 Å². The van der Waals surface area contributed by atoms with Crippen LogP contribution in [0.15, 0.2) is 35.5 Å². The van der Waals surface area contributed by atoms with E-state index in [1.54, 1.807) is 6.33 Å². The number of anilines is 1. The van der Waals surface area contributed by atoms with Crippen LogP contribution in [0, 0.1) is 0 Å². The molecule has 0 spiro atoms. The summed E-state index contributed by atoms with van der Waals surface area (Å²) < 4.78 is 2.72. The van der Waals surface area contributed by atoms with Gasteiger partial charge in [-0.15, -0.1) is 0 Å². The van der Waals surface area contributed by atoms with Crippen LogP contribution in [0.5, 0.6) is 0 Å². The number of likely N-dealkylation sites (N-methyl/N-ethyl adjacent to an activating group) is 1. The van der Waals surface area contributed by atoms with E-state index in [9.17, 15) is 0 Å². The third-order valence-corrected chi connectivity index (χ3v) is 4.22. The maximum Gasteiger partial charge on any atom is 0.137 e. The smallest absolute Gasteiger partial charge is 0.137 e. The zero-order valence-electron chi connectivity index (χ0n) is 11.7. The SMILES string of the molecule is CN(C)[C@@H]1CCN(c2ccc(-n3cnc(Br)c3)nc2)C1. The molecule has 3 heterocycles. The lowest BCUT2D eigenvalue weighted by molar-refractivity contribution is 0.315. The Morgan fingerprint density at radius 2 is 2.15 bits per heavy atom. The molecule has 0 radical (unpaired) electrons. The Kier molecular flexibility index (Phi) is 3.76. The third-order valence-electron chi connectivity index (χ3n) is 3.81. The fraction of sp³-hybridized carbons (Fsp3) is 0.429. The molecule has 0 amide bonds. The van der Waals surface area contributed by atoms with Crippen molar-refractivity contribution in [3.8, 4) is 5.82 Å². The van der Waals surface area contributed by atoms with Crippen molar-refractivity contribution in [3.63, 3.8) is 0 Å².